The van der Waals surface area contributed by atoms with Crippen molar-refractivity contribution in [3.8, 4) is 0 Å². The summed E-state index contributed by atoms with van der Waals surface area (Å²) in [5, 5.41) is 3.57. The summed E-state index contributed by atoms with van der Waals surface area (Å²) in [5.41, 5.74) is 0.951. The molecule has 2 unspecified atom stereocenters. The predicted octanol–water partition coefficient (Wildman–Crippen LogP) is 2.99. The van der Waals surface area contributed by atoms with Crippen LogP contribution in [0.1, 0.15) is 44.8 Å². The molecular formula is C16H26FN3. The van der Waals surface area contributed by atoms with Crippen LogP contribution in [0.4, 0.5) is 4.39 Å². The van der Waals surface area contributed by atoms with E-state index in [1.54, 1.807) is 0 Å². The molecule has 0 aromatic carbocycles. The van der Waals surface area contributed by atoms with Gasteiger partial charge in [0.1, 0.15) is 5.82 Å². The quantitative estimate of drug-likeness (QED) is 0.831. The monoisotopic (exact) mass is 279 g/mol. The van der Waals surface area contributed by atoms with E-state index in [4.69, 9.17) is 0 Å². The Morgan fingerprint density at radius 2 is 2.10 bits per heavy atom. The highest BCUT2D eigenvalue weighted by Crippen LogP contribution is 2.23. The van der Waals surface area contributed by atoms with Gasteiger partial charge in [-0.1, -0.05) is 13.8 Å². The van der Waals surface area contributed by atoms with E-state index in [1.165, 1.54) is 38.2 Å². The standard InChI is InChI=1S/C16H26FN3/c1-3-8-18-16(15-7-6-14(17)11-19-15)13(2)12-20-9-4-5-10-20/h6-7,11,13,16,18H,3-5,8-10,12H2,1-2H3. The lowest BCUT2D eigenvalue weighted by Gasteiger charge is -2.28. The van der Waals surface area contributed by atoms with Crippen LogP contribution in [-0.2, 0) is 0 Å². The Hall–Kier alpha value is -1.00. The molecule has 0 radical (unpaired) electrons. The number of nitrogens with zero attached hydrogens (tertiary/aromatic N) is 2. The highest BCUT2D eigenvalue weighted by molar-refractivity contribution is 5.11. The number of nitrogens with one attached hydrogen (secondary N) is 1. The number of halogens is 1. The maximum Gasteiger partial charge on any atom is 0.141 e. The number of aromatic nitrogens is 1. The van der Waals surface area contributed by atoms with Gasteiger partial charge < -0.3 is 10.2 Å². The van der Waals surface area contributed by atoms with E-state index in [1.807, 2.05) is 6.07 Å². The van der Waals surface area contributed by atoms with E-state index >= 15 is 0 Å². The van der Waals surface area contributed by atoms with Crippen LogP contribution >= 0.6 is 0 Å². The van der Waals surface area contributed by atoms with Crippen LogP contribution in [0.3, 0.4) is 0 Å². The summed E-state index contributed by atoms with van der Waals surface area (Å²) in [5.74, 6) is 0.202. The summed E-state index contributed by atoms with van der Waals surface area (Å²) in [6.45, 7) is 8.89. The van der Waals surface area contributed by atoms with Crippen molar-refractivity contribution in [3.63, 3.8) is 0 Å². The average molecular weight is 279 g/mol. The molecule has 0 amide bonds. The molecule has 1 N–H and O–H groups in total. The lowest BCUT2D eigenvalue weighted by Crippen LogP contribution is -2.35. The molecule has 0 spiro atoms. The Kier molecular flexibility index (Phi) is 5.92. The molecule has 20 heavy (non-hydrogen) atoms. The van der Waals surface area contributed by atoms with Crippen molar-refractivity contribution in [1.82, 2.24) is 15.2 Å². The SMILES string of the molecule is CCCNC(c1ccc(F)cn1)C(C)CN1CCCC1. The third-order valence-electron chi connectivity index (χ3n) is 4.00. The topological polar surface area (TPSA) is 28.2 Å². The van der Waals surface area contributed by atoms with Gasteiger partial charge in [0.25, 0.3) is 0 Å². The Bertz CT molecular complexity index is 387. The van der Waals surface area contributed by atoms with Crippen LogP contribution in [0.15, 0.2) is 18.3 Å². The van der Waals surface area contributed by atoms with E-state index in [0.29, 0.717) is 5.92 Å². The first-order valence-corrected chi connectivity index (χ1v) is 7.78. The lowest BCUT2D eigenvalue weighted by atomic mass is 9.97. The van der Waals surface area contributed by atoms with Gasteiger partial charge in [0.15, 0.2) is 0 Å². The molecular weight excluding hydrogens is 253 g/mol. The van der Waals surface area contributed by atoms with Crippen LogP contribution in [0, 0.1) is 11.7 Å². The molecule has 1 aliphatic heterocycles. The zero-order valence-corrected chi connectivity index (χ0v) is 12.6. The van der Waals surface area contributed by atoms with Crippen molar-refractivity contribution in [1.29, 1.82) is 0 Å². The molecule has 112 valence electrons. The fourth-order valence-electron chi connectivity index (χ4n) is 2.95. The summed E-state index contributed by atoms with van der Waals surface area (Å²) < 4.78 is 13.0. The van der Waals surface area contributed by atoms with E-state index in [2.05, 4.69) is 29.0 Å². The summed E-state index contributed by atoms with van der Waals surface area (Å²) >= 11 is 0. The van der Waals surface area contributed by atoms with Crippen molar-refractivity contribution < 1.29 is 4.39 Å². The molecule has 1 fully saturated rings. The zero-order valence-electron chi connectivity index (χ0n) is 12.6. The number of rotatable bonds is 7. The van der Waals surface area contributed by atoms with Crippen molar-refractivity contribution in [3.05, 3.63) is 29.8 Å². The molecule has 0 aliphatic carbocycles. The Morgan fingerprint density at radius 3 is 2.70 bits per heavy atom. The van der Waals surface area contributed by atoms with Gasteiger partial charge in [-0.05, 0) is 56.9 Å². The minimum atomic E-state index is -0.268. The van der Waals surface area contributed by atoms with Crippen LogP contribution in [0.5, 0.6) is 0 Å². The van der Waals surface area contributed by atoms with Crippen molar-refractivity contribution in [2.75, 3.05) is 26.2 Å². The third-order valence-corrected chi connectivity index (χ3v) is 4.00. The Labute approximate surface area is 121 Å². The van der Waals surface area contributed by atoms with E-state index in [0.717, 1.165) is 25.2 Å². The van der Waals surface area contributed by atoms with Gasteiger partial charge in [-0.15, -0.1) is 0 Å². The van der Waals surface area contributed by atoms with Gasteiger partial charge in [-0.2, -0.15) is 0 Å². The first-order valence-electron chi connectivity index (χ1n) is 7.78. The second kappa shape index (κ2) is 7.70. The molecule has 2 rings (SSSR count). The maximum absolute atomic E-state index is 13.0. The van der Waals surface area contributed by atoms with Crippen LogP contribution in [-0.4, -0.2) is 36.1 Å². The Morgan fingerprint density at radius 1 is 1.35 bits per heavy atom. The number of likely N-dealkylation sites (tertiary alicyclic amines) is 1. The van der Waals surface area contributed by atoms with Crippen LogP contribution < -0.4 is 5.32 Å². The van der Waals surface area contributed by atoms with E-state index in [9.17, 15) is 4.39 Å². The first kappa shape index (κ1) is 15.4. The average Bonchev–Trinajstić information content (AvgIpc) is 2.94. The second-order valence-electron chi connectivity index (χ2n) is 5.82. The predicted molar refractivity (Wildman–Crippen MR) is 80.1 cm³/mol. The van der Waals surface area contributed by atoms with Gasteiger partial charge in [-0.25, -0.2) is 4.39 Å². The molecule has 3 nitrogen and oxygen atoms in total. The van der Waals surface area contributed by atoms with Gasteiger partial charge in [-0.3, -0.25) is 4.98 Å². The normalized spacial score (nSPS) is 19.1. The van der Waals surface area contributed by atoms with Crippen LogP contribution in [0.2, 0.25) is 0 Å². The minimum Gasteiger partial charge on any atom is -0.308 e. The van der Waals surface area contributed by atoms with Gasteiger partial charge in [0.2, 0.25) is 0 Å². The highest BCUT2D eigenvalue weighted by Gasteiger charge is 2.23. The van der Waals surface area contributed by atoms with E-state index < -0.39 is 0 Å². The van der Waals surface area contributed by atoms with Crippen molar-refractivity contribution in [2.24, 2.45) is 5.92 Å². The molecule has 2 atom stereocenters. The Balaban J connectivity index is 2.02. The fraction of sp³-hybridized carbons (Fsp3) is 0.688. The summed E-state index contributed by atoms with van der Waals surface area (Å²) in [6, 6.07) is 3.52. The second-order valence-corrected chi connectivity index (χ2v) is 5.82. The largest absolute Gasteiger partial charge is 0.308 e. The lowest BCUT2D eigenvalue weighted by molar-refractivity contribution is 0.245. The van der Waals surface area contributed by atoms with Gasteiger partial charge >= 0.3 is 0 Å². The number of pyridine rings is 1. The third kappa shape index (κ3) is 4.25. The van der Waals surface area contributed by atoms with Gasteiger partial charge in [0, 0.05) is 6.54 Å². The molecule has 1 aromatic heterocycles. The smallest absolute Gasteiger partial charge is 0.141 e. The molecule has 1 aromatic rings. The molecule has 1 saturated heterocycles. The highest BCUT2D eigenvalue weighted by atomic mass is 19.1. The summed E-state index contributed by atoms with van der Waals surface area (Å²) in [7, 11) is 0. The molecule has 0 saturated carbocycles. The minimum absolute atomic E-state index is 0.205. The van der Waals surface area contributed by atoms with Crippen LogP contribution in [0.25, 0.3) is 0 Å². The summed E-state index contributed by atoms with van der Waals surface area (Å²) in [4.78, 5) is 6.79. The van der Waals surface area contributed by atoms with Crippen molar-refractivity contribution in [2.45, 2.75) is 39.2 Å². The molecule has 4 heteroatoms. The molecule has 0 bridgehead atoms. The molecule has 2 heterocycles. The number of hydrogen-bond donors (Lipinski definition) is 1. The summed E-state index contributed by atoms with van der Waals surface area (Å²) in [6.07, 6.45) is 5.04. The zero-order chi connectivity index (χ0) is 14.4. The number of hydrogen-bond acceptors (Lipinski definition) is 3. The fourth-order valence-corrected chi connectivity index (χ4v) is 2.95. The van der Waals surface area contributed by atoms with Gasteiger partial charge in [0.05, 0.1) is 17.9 Å². The maximum atomic E-state index is 13.0. The first-order chi connectivity index (χ1) is 9.70. The molecule has 1 aliphatic rings. The van der Waals surface area contributed by atoms with E-state index in [-0.39, 0.29) is 11.9 Å². The van der Waals surface area contributed by atoms with Crippen molar-refractivity contribution >= 4 is 0 Å².